The highest BCUT2D eigenvalue weighted by Crippen LogP contribution is 2.32. The molecule has 0 atom stereocenters. The Morgan fingerprint density at radius 1 is 1.25 bits per heavy atom. The molecule has 0 amide bonds. The molecule has 0 spiro atoms. The molecule has 0 radical (unpaired) electrons. The van der Waals surface area contributed by atoms with Gasteiger partial charge in [0.2, 0.25) is 0 Å². The Labute approximate surface area is 122 Å². The Balaban J connectivity index is 2.48. The zero-order valence-corrected chi connectivity index (χ0v) is 13.3. The van der Waals surface area contributed by atoms with Crippen LogP contribution in [0.15, 0.2) is 16.9 Å². The maximum Gasteiger partial charge on any atom is 0.255 e. The van der Waals surface area contributed by atoms with E-state index >= 15 is 0 Å². The maximum atomic E-state index is 12.9. The van der Waals surface area contributed by atoms with Crippen LogP contribution in [0, 0.1) is 0 Å². The Bertz CT molecular complexity index is 505. The van der Waals surface area contributed by atoms with Crippen molar-refractivity contribution >= 4 is 0 Å². The molecular weight excluding hydrogens is 248 g/mol. The van der Waals surface area contributed by atoms with Gasteiger partial charge in [-0.15, -0.1) is 0 Å². The molecule has 112 valence electrons. The van der Waals surface area contributed by atoms with Gasteiger partial charge in [0, 0.05) is 29.3 Å². The number of nitrogens with zero attached hydrogens (tertiary/aromatic N) is 1. The minimum atomic E-state index is 0.0124. The molecule has 0 saturated heterocycles. The molecule has 1 heterocycles. The van der Waals surface area contributed by atoms with Crippen LogP contribution in [-0.4, -0.2) is 11.1 Å². The molecule has 1 aliphatic carbocycles. The highest BCUT2D eigenvalue weighted by Gasteiger charge is 2.26. The smallest absolute Gasteiger partial charge is 0.255 e. The minimum Gasteiger partial charge on any atom is -0.313 e. The normalized spacial score (nSPS) is 16.8. The fourth-order valence-electron chi connectivity index (χ4n) is 3.13. The first-order chi connectivity index (χ1) is 9.45. The largest absolute Gasteiger partial charge is 0.313 e. The summed E-state index contributed by atoms with van der Waals surface area (Å²) in [7, 11) is 0. The second kappa shape index (κ2) is 6.13. The molecule has 2 rings (SSSR count). The molecule has 1 aliphatic rings. The molecule has 0 aromatic carbocycles. The first kappa shape index (κ1) is 15.3. The van der Waals surface area contributed by atoms with Crippen LogP contribution in [0.4, 0.5) is 0 Å². The fraction of sp³-hybridized carbons (Fsp3) is 0.706. The second-order valence-electron chi connectivity index (χ2n) is 6.89. The van der Waals surface area contributed by atoms with Crippen molar-refractivity contribution in [3.63, 3.8) is 0 Å². The first-order valence-corrected chi connectivity index (χ1v) is 7.90. The van der Waals surface area contributed by atoms with Crippen molar-refractivity contribution in [2.75, 3.05) is 6.54 Å². The van der Waals surface area contributed by atoms with Crippen LogP contribution in [0.1, 0.15) is 70.7 Å². The molecule has 20 heavy (non-hydrogen) atoms. The van der Waals surface area contributed by atoms with Gasteiger partial charge in [0.1, 0.15) is 0 Å². The van der Waals surface area contributed by atoms with Gasteiger partial charge in [-0.3, -0.25) is 4.79 Å². The summed E-state index contributed by atoms with van der Waals surface area (Å²) in [4.78, 5) is 12.9. The van der Waals surface area contributed by atoms with Gasteiger partial charge in [-0.05, 0) is 25.5 Å². The summed E-state index contributed by atoms with van der Waals surface area (Å²) >= 11 is 0. The predicted octanol–water partition coefficient (Wildman–Crippen LogP) is 3.37. The van der Waals surface area contributed by atoms with Crippen molar-refractivity contribution in [1.82, 2.24) is 9.88 Å². The van der Waals surface area contributed by atoms with Gasteiger partial charge < -0.3 is 9.88 Å². The van der Waals surface area contributed by atoms with Crippen LogP contribution in [0.5, 0.6) is 0 Å². The van der Waals surface area contributed by atoms with E-state index in [9.17, 15) is 4.79 Å². The highest BCUT2D eigenvalue weighted by molar-refractivity contribution is 5.22. The van der Waals surface area contributed by atoms with E-state index in [2.05, 4.69) is 43.6 Å². The molecule has 0 bridgehead atoms. The number of hydrogen-bond donors (Lipinski definition) is 1. The summed E-state index contributed by atoms with van der Waals surface area (Å²) in [5.74, 6) is 0. The van der Waals surface area contributed by atoms with Gasteiger partial charge in [-0.2, -0.15) is 0 Å². The summed E-state index contributed by atoms with van der Waals surface area (Å²) in [6, 6.07) is 4.57. The third-order valence-corrected chi connectivity index (χ3v) is 4.22. The maximum absolute atomic E-state index is 12.9. The van der Waals surface area contributed by atoms with Gasteiger partial charge in [0.25, 0.3) is 5.56 Å². The molecule has 1 fully saturated rings. The van der Waals surface area contributed by atoms with Gasteiger partial charge in [-0.25, -0.2) is 0 Å². The fourth-order valence-corrected chi connectivity index (χ4v) is 3.13. The number of hydrogen-bond acceptors (Lipinski definition) is 2. The van der Waals surface area contributed by atoms with Crippen LogP contribution in [0.3, 0.4) is 0 Å². The highest BCUT2D eigenvalue weighted by atomic mass is 16.1. The predicted molar refractivity (Wildman–Crippen MR) is 84.3 cm³/mol. The summed E-state index contributed by atoms with van der Waals surface area (Å²) in [5.41, 5.74) is 2.30. The van der Waals surface area contributed by atoms with Crippen molar-refractivity contribution in [2.45, 2.75) is 71.4 Å². The molecule has 3 heteroatoms. The summed E-state index contributed by atoms with van der Waals surface area (Å²) in [6.45, 7) is 10.2. The van der Waals surface area contributed by atoms with E-state index in [0.717, 1.165) is 24.9 Å². The molecule has 1 saturated carbocycles. The first-order valence-electron chi connectivity index (χ1n) is 7.90. The minimum absolute atomic E-state index is 0.0124. The van der Waals surface area contributed by atoms with E-state index in [4.69, 9.17) is 0 Å². The lowest BCUT2D eigenvalue weighted by Gasteiger charge is -2.28. The second-order valence-corrected chi connectivity index (χ2v) is 6.89. The Morgan fingerprint density at radius 2 is 1.90 bits per heavy atom. The lowest BCUT2D eigenvalue weighted by molar-refractivity contribution is 0.428. The number of aromatic nitrogens is 1. The van der Waals surface area contributed by atoms with E-state index in [1.54, 1.807) is 0 Å². The third kappa shape index (κ3) is 3.14. The van der Waals surface area contributed by atoms with Crippen LogP contribution < -0.4 is 10.9 Å². The molecule has 1 N–H and O–H groups in total. The quantitative estimate of drug-likeness (QED) is 0.915. The van der Waals surface area contributed by atoms with E-state index < -0.39 is 0 Å². The van der Waals surface area contributed by atoms with Crippen LogP contribution in [0.2, 0.25) is 0 Å². The lowest BCUT2D eigenvalue weighted by atomic mass is 9.90. The molecule has 0 aliphatic heterocycles. The van der Waals surface area contributed by atoms with Crippen molar-refractivity contribution in [3.8, 4) is 0 Å². The van der Waals surface area contributed by atoms with E-state index in [-0.39, 0.29) is 11.0 Å². The van der Waals surface area contributed by atoms with Crippen molar-refractivity contribution in [2.24, 2.45) is 0 Å². The van der Waals surface area contributed by atoms with Gasteiger partial charge >= 0.3 is 0 Å². The summed E-state index contributed by atoms with van der Waals surface area (Å²) in [6.07, 6.45) is 4.79. The van der Waals surface area contributed by atoms with Crippen LogP contribution >= 0.6 is 0 Å². The average molecular weight is 276 g/mol. The Hall–Kier alpha value is -1.09. The SMILES string of the molecule is CCNCc1ccc(C(C)(C)C)n(C2CCCC2)c1=O. The van der Waals surface area contributed by atoms with Crippen LogP contribution in [0.25, 0.3) is 0 Å². The monoisotopic (exact) mass is 276 g/mol. The molecule has 3 nitrogen and oxygen atoms in total. The number of pyridine rings is 1. The van der Waals surface area contributed by atoms with Gasteiger partial charge in [0.05, 0.1) is 0 Å². The van der Waals surface area contributed by atoms with Crippen molar-refractivity contribution < 1.29 is 0 Å². The lowest BCUT2D eigenvalue weighted by Crippen LogP contribution is -2.35. The third-order valence-electron chi connectivity index (χ3n) is 4.22. The van der Waals surface area contributed by atoms with E-state index in [1.807, 2.05) is 6.07 Å². The zero-order chi connectivity index (χ0) is 14.8. The summed E-state index contributed by atoms with van der Waals surface area (Å²) in [5, 5.41) is 3.27. The number of rotatable bonds is 4. The van der Waals surface area contributed by atoms with E-state index in [1.165, 1.54) is 18.5 Å². The Kier molecular flexibility index (Phi) is 4.69. The molecule has 1 aromatic heterocycles. The average Bonchev–Trinajstić information content (AvgIpc) is 2.89. The molecule has 0 unspecified atom stereocenters. The van der Waals surface area contributed by atoms with E-state index in [0.29, 0.717) is 12.6 Å². The van der Waals surface area contributed by atoms with Gasteiger partial charge in [0.15, 0.2) is 0 Å². The van der Waals surface area contributed by atoms with Crippen molar-refractivity contribution in [1.29, 1.82) is 0 Å². The zero-order valence-electron chi connectivity index (χ0n) is 13.3. The molecule has 1 aromatic rings. The Morgan fingerprint density at radius 3 is 2.45 bits per heavy atom. The molecular formula is C17H28N2O. The van der Waals surface area contributed by atoms with Crippen LogP contribution in [-0.2, 0) is 12.0 Å². The van der Waals surface area contributed by atoms with Crippen molar-refractivity contribution in [3.05, 3.63) is 33.7 Å². The summed E-state index contributed by atoms with van der Waals surface area (Å²) < 4.78 is 2.10. The van der Waals surface area contributed by atoms with Gasteiger partial charge in [-0.1, -0.05) is 46.6 Å². The standard InChI is InChI=1S/C17H28N2O/c1-5-18-12-13-10-11-15(17(2,3)4)19(16(13)20)14-8-6-7-9-14/h10-11,14,18H,5-9,12H2,1-4H3. The topological polar surface area (TPSA) is 34.0 Å². The number of nitrogens with one attached hydrogen (secondary N) is 1.